The Labute approximate surface area is 212 Å². The summed E-state index contributed by atoms with van der Waals surface area (Å²) in [6.07, 6.45) is 12.1. The molecule has 1 unspecified atom stereocenters. The number of nitrogens with one attached hydrogen (secondary N) is 1. The summed E-state index contributed by atoms with van der Waals surface area (Å²) in [6, 6.07) is 21.2. The maximum absolute atomic E-state index is 13.5. The molecule has 1 N–H and O–H groups in total. The Morgan fingerprint density at radius 2 is 1.81 bits per heavy atom. The molecule has 3 aromatic rings. The van der Waals surface area contributed by atoms with Crippen molar-refractivity contribution in [3.63, 3.8) is 0 Å². The van der Waals surface area contributed by atoms with Gasteiger partial charge in [0.15, 0.2) is 0 Å². The summed E-state index contributed by atoms with van der Waals surface area (Å²) in [5.41, 5.74) is 5.98. The van der Waals surface area contributed by atoms with Crippen molar-refractivity contribution in [1.82, 2.24) is 9.88 Å². The zero-order chi connectivity index (χ0) is 24.2. The van der Waals surface area contributed by atoms with Crippen LogP contribution in [-0.4, -0.2) is 40.3 Å². The van der Waals surface area contributed by atoms with Gasteiger partial charge < -0.3 is 5.32 Å². The molecule has 0 saturated heterocycles. The van der Waals surface area contributed by atoms with E-state index in [1.165, 1.54) is 22.3 Å². The van der Waals surface area contributed by atoms with Crippen LogP contribution in [0.1, 0.15) is 53.5 Å². The molecule has 1 saturated carbocycles. The Morgan fingerprint density at radius 3 is 2.67 bits per heavy atom. The first kappa shape index (κ1) is 21.5. The maximum Gasteiger partial charge on any atom is 0.256 e. The minimum Gasteiger partial charge on any atom is -0.369 e. The van der Waals surface area contributed by atoms with Gasteiger partial charge in [-0.3, -0.25) is 14.7 Å². The van der Waals surface area contributed by atoms with Gasteiger partial charge in [-0.15, -0.1) is 0 Å². The summed E-state index contributed by atoms with van der Waals surface area (Å²) < 4.78 is 0. The van der Waals surface area contributed by atoms with Crippen molar-refractivity contribution in [2.24, 2.45) is 4.99 Å². The number of hydrogen-bond donors (Lipinski definition) is 1. The van der Waals surface area contributed by atoms with E-state index >= 15 is 0 Å². The molecular weight excluding hydrogens is 444 g/mol. The van der Waals surface area contributed by atoms with Gasteiger partial charge in [0, 0.05) is 35.8 Å². The van der Waals surface area contributed by atoms with E-state index in [-0.39, 0.29) is 11.3 Å². The molecule has 1 fully saturated rings. The van der Waals surface area contributed by atoms with E-state index in [2.05, 4.69) is 58.9 Å². The second-order valence-corrected chi connectivity index (χ2v) is 10.8. The van der Waals surface area contributed by atoms with Crippen molar-refractivity contribution < 1.29 is 4.79 Å². The normalized spacial score (nSPS) is 23.5. The summed E-state index contributed by atoms with van der Waals surface area (Å²) in [4.78, 5) is 25.0. The zero-order valence-electron chi connectivity index (χ0n) is 20.4. The fraction of sp³-hybridized carbons (Fsp3) is 0.323. The smallest absolute Gasteiger partial charge is 0.256 e. The SMILES string of the molecule is O=C1N(CC=Cc2ccc3c(c2)CC2(CNc4ncccc42)C3)C(c2ccccc2)=NC12CCCC2. The molecule has 36 heavy (non-hydrogen) atoms. The van der Waals surface area contributed by atoms with Gasteiger partial charge in [0.25, 0.3) is 5.91 Å². The van der Waals surface area contributed by atoms with Gasteiger partial charge in [-0.1, -0.05) is 79.6 Å². The highest BCUT2D eigenvalue weighted by atomic mass is 16.2. The third kappa shape index (κ3) is 3.33. The largest absolute Gasteiger partial charge is 0.369 e. The van der Waals surface area contributed by atoms with Crippen molar-refractivity contribution in [2.45, 2.75) is 49.5 Å². The number of carbonyl (C=O) groups excluding carboxylic acids is 1. The number of pyridine rings is 1. The molecule has 1 amide bonds. The lowest BCUT2D eigenvalue weighted by Crippen LogP contribution is -2.41. The standard InChI is InChI=1S/C31H30N4O/c36-29-31(14-4-5-15-31)34-28(23-9-2-1-3-10-23)35(29)17-7-8-22-12-13-24-19-30(20-25(24)18-22)21-33-27-26(30)11-6-16-32-27/h1-3,6-13,16,18H,4-5,14-15,17,19-21H2,(H,32,33). The monoisotopic (exact) mass is 474 g/mol. The van der Waals surface area contributed by atoms with Gasteiger partial charge in [-0.25, -0.2) is 4.98 Å². The fourth-order valence-corrected chi connectivity index (χ4v) is 6.73. The van der Waals surface area contributed by atoms with Crippen molar-refractivity contribution in [1.29, 1.82) is 0 Å². The molecule has 5 heteroatoms. The molecular formula is C31H30N4O. The van der Waals surface area contributed by atoms with Gasteiger partial charge in [0.05, 0.1) is 0 Å². The average molecular weight is 475 g/mol. The second kappa shape index (κ2) is 8.16. The first-order chi connectivity index (χ1) is 17.7. The lowest BCUT2D eigenvalue weighted by Gasteiger charge is -2.22. The number of rotatable bonds is 4. The van der Waals surface area contributed by atoms with E-state index in [1.54, 1.807) is 0 Å². The van der Waals surface area contributed by atoms with Crippen molar-refractivity contribution in [3.8, 4) is 0 Å². The number of carbonyl (C=O) groups is 1. The Kier molecular flexibility index (Phi) is 4.88. The number of amidine groups is 1. The van der Waals surface area contributed by atoms with Crippen molar-refractivity contribution >= 4 is 23.6 Å². The number of nitrogens with zero attached hydrogens (tertiary/aromatic N) is 3. The van der Waals surface area contributed by atoms with Gasteiger partial charge >= 0.3 is 0 Å². The maximum atomic E-state index is 13.5. The molecule has 4 aliphatic rings. The van der Waals surface area contributed by atoms with E-state index in [4.69, 9.17) is 4.99 Å². The number of hydrogen-bond acceptors (Lipinski definition) is 4. The van der Waals surface area contributed by atoms with Crippen LogP contribution in [-0.2, 0) is 23.1 Å². The van der Waals surface area contributed by atoms with Crippen molar-refractivity contribution in [3.05, 3.63) is 101 Å². The van der Waals surface area contributed by atoms with E-state index < -0.39 is 5.54 Å². The van der Waals surface area contributed by atoms with Gasteiger partial charge in [0.1, 0.15) is 17.2 Å². The quantitative estimate of drug-likeness (QED) is 0.568. The van der Waals surface area contributed by atoms with Crippen LogP contribution in [0.2, 0.25) is 0 Å². The molecule has 2 spiro atoms. The van der Waals surface area contributed by atoms with E-state index in [0.29, 0.717) is 6.54 Å². The molecule has 2 aliphatic heterocycles. The molecule has 0 radical (unpaired) electrons. The topological polar surface area (TPSA) is 57.6 Å². The van der Waals surface area contributed by atoms with Crippen molar-refractivity contribution in [2.75, 3.05) is 18.4 Å². The average Bonchev–Trinajstić information content (AvgIpc) is 3.68. The first-order valence-electron chi connectivity index (χ1n) is 13.1. The van der Waals surface area contributed by atoms with Crippen LogP contribution in [0, 0.1) is 0 Å². The number of amides is 1. The van der Waals surface area contributed by atoms with Crippen LogP contribution in [0.25, 0.3) is 6.08 Å². The predicted octanol–water partition coefficient (Wildman–Crippen LogP) is 5.16. The highest BCUT2D eigenvalue weighted by Crippen LogP contribution is 2.46. The third-order valence-corrected chi connectivity index (χ3v) is 8.54. The van der Waals surface area contributed by atoms with E-state index in [1.807, 2.05) is 35.4 Å². The Bertz CT molecular complexity index is 1400. The highest BCUT2D eigenvalue weighted by Gasteiger charge is 2.49. The van der Waals surface area contributed by atoms with E-state index in [0.717, 1.165) is 62.3 Å². The molecule has 1 atom stereocenters. The Balaban J connectivity index is 1.11. The zero-order valence-corrected chi connectivity index (χ0v) is 20.4. The third-order valence-electron chi connectivity index (χ3n) is 8.54. The van der Waals surface area contributed by atoms with Crippen LogP contribution < -0.4 is 5.32 Å². The summed E-state index contributed by atoms with van der Waals surface area (Å²) in [5, 5.41) is 3.52. The van der Waals surface area contributed by atoms with Crippen LogP contribution in [0.15, 0.2) is 77.9 Å². The lowest BCUT2D eigenvalue weighted by molar-refractivity contribution is -0.130. The number of fused-ring (bicyclic) bond motifs is 3. The Hall–Kier alpha value is -3.73. The van der Waals surface area contributed by atoms with Crippen LogP contribution in [0.3, 0.4) is 0 Å². The molecule has 2 aromatic carbocycles. The summed E-state index contributed by atoms with van der Waals surface area (Å²) in [5.74, 6) is 2.03. The number of aromatic nitrogens is 1. The van der Waals surface area contributed by atoms with Gasteiger partial charge in [0.2, 0.25) is 0 Å². The number of aliphatic imine (C=N–C) groups is 1. The van der Waals surface area contributed by atoms with Gasteiger partial charge in [-0.05, 0) is 48.4 Å². The van der Waals surface area contributed by atoms with E-state index in [9.17, 15) is 4.79 Å². The Morgan fingerprint density at radius 1 is 0.972 bits per heavy atom. The minimum atomic E-state index is -0.540. The molecule has 5 nitrogen and oxygen atoms in total. The fourth-order valence-electron chi connectivity index (χ4n) is 6.73. The molecule has 1 aromatic heterocycles. The minimum absolute atomic E-state index is 0.118. The lowest BCUT2D eigenvalue weighted by atomic mass is 9.80. The molecule has 3 heterocycles. The van der Waals surface area contributed by atoms with Crippen LogP contribution in [0.5, 0.6) is 0 Å². The predicted molar refractivity (Wildman–Crippen MR) is 143 cm³/mol. The molecule has 180 valence electrons. The molecule has 0 bridgehead atoms. The number of anilines is 1. The first-order valence-corrected chi connectivity index (χ1v) is 13.1. The summed E-state index contributed by atoms with van der Waals surface area (Å²) >= 11 is 0. The molecule has 2 aliphatic carbocycles. The second-order valence-electron chi connectivity index (χ2n) is 10.8. The van der Waals surface area contributed by atoms with Crippen LogP contribution >= 0.6 is 0 Å². The highest BCUT2D eigenvalue weighted by molar-refractivity contribution is 6.15. The summed E-state index contributed by atoms with van der Waals surface area (Å²) in [7, 11) is 0. The molecule has 7 rings (SSSR count). The summed E-state index contributed by atoms with van der Waals surface area (Å²) in [6.45, 7) is 1.48. The number of benzene rings is 2. The van der Waals surface area contributed by atoms with Crippen LogP contribution in [0.4, 0.5) is 5.82 Å². The van der Waals surface area contributed by atoms with Gasteiger partial charge in [-0.2, -0.15) is 0 Å².